The second-order valence-corrected chi connectivity index (χ2v) is 5.73. The lowest BCUT2D eigenvalue weighted by Gasteiger charge is -2.28. The smallest absolute Gasteiger partial charge is 0.254 e. The topological polar surface area (TPSA) is 84.5 Å². The van der Waals surface area contributed by atoms with E-state index in [4.69, 9.17) is 9.47 Å². The number of fused-ring (bicyclic) bond motifs is 1. The summed E-state index contributed by atoms with van der Waals surface area (Å²) in [6, 6.07) is 0. The van der Waals surface area contributed by atoms with E-state index in [1.165, 1.54) is 6.33 Å². The first-order chi connectivity index (χ1) is 10.7. The van der Waals surface area contributed by atoms with Crippen molar-refractivity contribution in [2.24, 2.45) is 0 Å². The molecule has 1 aromatic heterocycles. The van der Waals surface area contributed by atoms with Gasteiger partial charge in [-0.2, -0.15) is 0 Å². The van der Waals surface area contributed by atoms with Crippen LogP contribution in [0, 0.1) is 0 Å². The summed E-state index contributed by atoms with van der Waals surface area (Å²) in [5, 5.41) is 0. The fraction of sp³-hybridized carbons (Fsp3) is 0.667. The van der Waals surface area contributed by atoms with Crippen LogP contribution in [-0.2, 0) is 27.2 Å². The van der Waals surface area contributed by atoms with Gasteiger partial charge >= 0.3 is 0 Å². The van der Waals surface area contributed by atoms with Crippen LogP contribution in [0.25, 0.3) is 0 Å². The number of H-pyrrole nitrogens is 1. The monoisotopic (exact) mass is 307 g/mol. The number of nitrogens with zero attached hydrogens (tertiary/aromatic N) is 2. The highest BCUT2D eigenvalue weighted by Gasteiger charge is 2.23. The minimum absolute atomic E-state index is 0.0540. The Morgan fingerprint density at radius 3 is 3.23 bits per heavy atom. The molecule has 1 amide bonds. The Morgan fingerprint density at radius 2 is 2.41 bits per heavy atom. The molecule has 0 unspecified atom stereocenters. The lowest BCUT2D eigenvalue weighted by molar-refractivity contribution is -0.139. The molecule has 0 saturated carbocycles. The number of amides is 1. The molecule has 2 aliphatic rings. The number of ether oxygens (including phenoxy) is 2. The Morgan fingerprint density at radius 1 is 1.50 bits per heavy atom. The average molecular weight is 307 g/mol. The molecule has 1 atom stereocenters. The quantitative estimate of drug-likeness (QED) is 0.861. The summed E-state index contributed by atoms with van der Waals surface area (Å²) in [5.41, 5.74) is 1.25. The molecule has 0 spiro atoms. The van der Waals surface area contributed by atoms with Crippen molar-refractivity contribution in [3.63, 3.8) is 0 Å². The van der Waals surface area contributed by atoms with Crippen LogP contribution in [0.4, 0.5) is 0 Å². The van der Waals surface area contributed by atoms with Gasteiger partial charge in [-0.25, -0.2) is 4.98 Å². The normalized spacial score (nSPS) is 21.5. The van der Waals surface area contributed by atoms with Crippen LogP contribution < -0.4 is 5.56 Å². The Bertz CT molecular complexity index is 580. The molecule has 3 rings (SSSR count). The van der Waals surface area contributed by atoms with E-state index in [2.05, 4.69) is 9.97 Å². The van der Waals surface area contributed by atoms with E-state index in [0.29, 0.717) is 37.4 Å². The van der Waals surface area contributed by atoms with Gasteiger partial charge in [-0.3, -0.25) is 9.59 Å². The zero-order valence-electron chi connectivity index (χ0n) is 12.5. The molecule has 3 heterocycles. The maximum absolute atomic E-state index is 12.2. The van der Waals surface area contributed by atoms with Gasteiger partial charge in [-0.05, 0) is 25.7 Å². The third-order valence-electron chi connectivity index (χ3n) is 4.17. The second-order valence-electron chi connectivity index (χ2n) is 5.73. The number of nitrogens with one attached hydrogen (secondary N) is 1. The van der Waals surface area contributed by atoms with Crippen LogP contribution in [0.15, 0.2) is 11.1 Å². The Hall–Kier alpha value is -1.73. The van der Waals surface area contributed by atoms with Gasteiger partial charge < -0.3 is 19.4 Å². The molecule has 0 bridgehead atoms. The fourth-order valence-corrected chi connectivity index (χ4v) is 2.89. The van der Waals surface area contributed by atoms with Crippen molar-refractivity contribution >= 4 is 5.91 Å². The zero-order chi connectivity index (χ0) is 15.4. The predicted molar refractivity (Wildman–Crippen MR) is 78.4 cm³/mol. The van der Waals surface area contributed by atoms with Gasteiger partial charge in [-0.1, -0.05) is 0 Å². The molecule has 120 valence electrons. The molecule has 7 nitrogen and oxygen atoms in total. The summed E-state index contributed by atoms with van der Waals surface area (Å²) < 4.78 is 11.1. The van der Waals surface area contributed by atoms with E-state index in [-0.39, 0.29) is 24.2 Å². The third kappa shape index (κ3) is 3.53. The summed E-state index contributed by atoms with van der Waals surface area (Å²) in [6.45, 7) is 2.21. The molecule has 2 aliphatic heterocycles. The van der Waals surface area contributed by atoms with Crippen LogP contribution in [-0.4, -0.2) is 53.2 Å². The van der Waals surface area contributed by atoms with Crippen LogP contribution in [0.1, 0.15) is 30.5 Å². The number of hydrogen-bond acceptors (Lipinski definition) is 5. The van der Waals surface area contributed by atoms with Gasteiger partial charge in [0.1, 0.15) is 6.61 Å². The van der Waals surface area contributed by atoms with E-state index >= 15 is 0 Å². The van der Waals surface area contributed by atoms with E-state index in [0.717, 1.165) is 25.9 Å². The first-order valence-electron chi connectivity index (χ1n) is 7.76. The van der Waals surface area contributed by atoms with Gasteiger partial charge in [0.2, 0.25) is 5.91 Å². The summed E-state index contributed by atoms with van der Waals surface area (Å²) >= 11 is 0. The molecule has 1 fully saturated rings. The number of aromatic nitrogens is 2. The van der Waals surface area contributed by atoms with Crippen LogP contribution in [0.3, 0.4) is 0 Å². The molecule has 1 aromatic rings. The SMILES string of the molecule is O=C(COC[C@@H]1CCCCO1)N1CCc2c(nc[nH]c2=O)C1. The van der Waals surface area contributed by atoms with Crippen LogP contribution >= 0.6 is 0 Å². The second kappa shape index (κ2) is 7.02. The predicted octanol–water partition coefficient (Wildman–Crippen LogP) is 0.240. The van der Waals surface area contributed by atoms with E-state index < -0.39 is 0 Å². The first kappa shape index (κ1) is 15.2. The Labute approximate surface area is 128 Å². The van der Waals surface area contributed by atoms with Gasteiger partial charge in [-0.15, -0.1) is 0 Å². The Balaban J connectivity index is 1.48. The maximum atomic E-state index is 12.2. The third-order valence-corrected chi connectivity index (χ3v) is 4.17. The molecule has 0 aromatic carbocycles. The van der Waals surface area contributed by atoms with Crippen molar-refractivity contribution in [3.05, 3.63) is 27.9 Å². The molecule has 1 N–H and O–H groups in total. The van der Waals surface area contributed by atoms with Crippen molar-refractivity contribution in [2.45, 2.75) is 38.3 Å². The largest absolute Gasteiger partial charge is 0.376 e. The van der Waals surface area contributed by atoms with Crippen molar-refractivity contribution < 1.29 is 14.3 Å². The number of rotatable bonds is 4. The molecule has 1 saturated heterocycles. The van der Waals surface area contributed by atoms with Crippen molar-refractivity contribution in [1.29, 1.82) is 0 Å². The molecule has 0 radical (unpaired) electrons. The van der Waals surface area contributed by atoms with Gasteiger partial charge in [0, 0.05) is 18.7 Å². The summed E-state index contributed by atoms with van der Waals surface area (Å²) in [6.07, 6.45) is 5.30. The summed E-state index contributed by atoms with van der Waals surface area (Å²) in [7, 11) is 0. The Kier molecular flexibility index (Phi) is 4.84. The lowest BCUT2D eigenvalue weighted by Crippen LogP contribution is -2.41. The average Bonchev–Trinajstić information content (AvgIpc) is 2.55. The van der Waals surface area contributed by atoms with Crippen molar-refractivity contribution in [2.75, 3.05) is 26.4 Å². The fourth-order valence-electron chi connectivity index (χ4n) is 2.89. The van der Waals surface area contributed by atoms with Crippen molar-refractivity contribution in [1.82, 2.24) is 14.9 Å². The summed E-state index contributed by atoms with van der Waals surface area (Å²) in [4.78, 5) is 32.2. The molecule has 0 aliphatic carbocycles. The molecule has 22 heavy (non-hydrogen) atoms. The number of aromatic amines is 1. The number of carbonyl (C=O) groups is 1. The highest BCUT2D eigenvalue weighted by atomic mass is 16.5. The highest BCUT2D eigenvalue weighted by molar-refractivity contribution is 5.77. The maximum Gasteiger partial charge on any atom is 0.254 e. The van der Waals surface area contributed by atoms with Crippen LogP contribution in [0.2, 0.25) is 0 Å². The van der Waals surface area contributed by atoms with E-state index in [1.807, 2.05) is 0 Å². The van der Waals surface area contributed by atoms with Gasteiger partial charge in [0.25, 0.3) is 5.56 Å². The van der Waals surface area contributed by atoms with Crippen LogP contribution in [0.5, 0.6) is 0 Å². The van der Waals surface area contributed by atoms with E-state index in [9.17, 15) is 9.59 Å². The lowest BCUT2D eigenvalue weighted by atomic mass is 10.1. The van der Waals surface area contributed by atoms with Gasteiger partial charge in [0.15, 0.2) is 0 Å². The minimum atomic E-state index is -0.109. The molecular weight excluding hydrogens is 286 g/mol. The standard InChI is InChI=1S/C15H21N3O4/c19-14(9-21-8-11-3-1-2-6-22-11)18-5-4-12-13(7-18)16-10-17-15(12)20/h10-11H,1-9H2,(H,16,17,20)/t11-/m0/s1. The van der Waals surface area contributed by atoms with E-state index in [1.54, 1.807) is 4.90 Å². The minimum Gasteiger partial charge on any atom is -0.376 e. The number of carbonyl (C=O) groups excluding carboxylic acids is 1. The highest BCUT2D eigenvalue weighted by Crippen LogP contribution is 2.14. The number of hydrogen-bond donors (Lipinski definition) is 1. The summed E-state index contributed by atoms with van der Waals surface area (Å²) in [5.74, 6) is -0.0662. The molecule has 7 heteroatoms. The van der Waals surface area contributed by atoms with Crippen molar-refractivity contribution in [3.8, 4) is 0 Å². The molecular formula is C15H21N3O4. The first-order valence-corrected chi connectivity index (χ1v) is 7.76. The van der Waals surface area contributed by atoms with Gasteiger partial charge in [0.05, 0.1) is 31.3 Å². The zero-order valence-corrected chi connectivity index (χ0v) is 12.5.